The Morgan fingerprint density at radius 1 is 0.972 bits per heavy atom. The molecule has 4 rings (SSSR count). The van der Waals surface area contributed by atoms with E-state index in [1.807, 2.05) is 55.5 Å². The van der Waals surface area contributed by atoms with Gasteiger partial charge in [-0.15, -0.1) is 0 Å². The van der Waals surface area contributed by atoms with Crippen molar-refractivity contribution in [1.29, 1.82) is 0 Å². The first-order valence-corrected chi connectivity index (χ1v) is 13.6. The molecule has 1 aliphatic heterocycles. The highest BCUT2D eigenvalue weighted by Gasteiger charge is 2.39. The Balaban J connectivity index is 1.64. The standard InChI is InChI=1S/C28H29NO6S/c1-19-24(14-16-27(30)34-2)25-17-22(35-18-20-7-5-4-6-8-20)11-15-26(25)29(19)28(31)21-9-12-23(13-10-21)36(3,32)33/h4-13,15,17,19,24H,14,16,18H2,1-3H3/t19-,24-/m1/s1. The molecule has 1 aliphatic rings. The lowest BCUT2D eigenvalue weighted by atomic mass is 9.91. The maximum atomic E-state index is 13.6. The van der Waals surface area contributed by atoms with Gasteiger partial charge in [0.2, 0.25) is 0 Å². The van der Waals surface area contributed by atoms with Crippen LogP contribution in [0.25, 0.3) is 0 Å². The number of carbonyl (C=O) groups excluding carboxylic acids is 2. The molecule has 188 valence electrons. The molecule has 0 unspecified atom stereocenters. The molecule has 2 atom stereocenters. The smallest absolute Gasteiger partial charge is 0.305 e. The minimum Gasteiger partial charge on any atom is -0.489 e. The zero-order valence-corrected chi connectivity index (χ0v) is 21.3. The van der Waals surface area contributed by atoms with E-state index in [9.17, 15) is 18.0 Å². The van der Waals surface area contributed by atoms with Crippen LogP contribution < -0.4 is 9.64 Å². The molecular weight excluding hydrogens is 478 g/mol. The average Bonchev–Trinajstić information content (AvgIpc) is 3.16. The van der Waals surface area contributed by atoms with E-state index < -0.39 is 9.84 Å². The zero-order chi connectivity index (χ0) is 25.9. The minimum absolute atomic E-state index is 0.0985. The number of methoxy groups -OCH3 is 1. The van der Waals surface area contributed by atoms with Gasteiger partial charge in [-0.2, -0.15) is 0 Å². The number of ether oxygens (including phenoxy) is 2. The van der Waals surface area contributed by atoms with Gasteiger partial charge in [-0.05, 0) is 66.9 Å². The lowest BCUT2D eigenvalue weighted by molar-refractivity contribution is -0.140. The van der Waals surface area contributed by atoms with Crippen molar-refractivity contribution >= 4 is 27.4 Å². The number of anilines is 1. The average molecular weight is 508 g/mol. The molecule has 0 spiro atoms. The van der Waals surface area contributed by atoms with Gasteiger partial charge in [0.25, 0.3) is 5.91 Å². The van der Waals surface area contributed by atoms with Gasteiger partial charge in [-0.25, -0.2) is 8.42 Å². The number of benzene rings is 3. The normalized spacial score (nSPS) is 16.9. The summed E-state index contributed by atoms with van der Waals surface area (Å²) in [5, 5.41) is 0. The number of esters is 1. The third-order valence-electron chi connectivity index (χ3n) is 6.53. The molecule has 8 heteroatoms. The lowest BCUT2D eigenvalue weighted by Gasteiger charge is -2.25. The Labute approximate surface area is 211 Å². The third-order valence-corrected chi connectivity index (χ3v) is 7.66. The van der Waals surface area contributed by atoms with Crippen LogP contribution in [0.1, 0.15) is 47.2 Å². The van der Waals surface area contributed by atoms with Gasteiger partial charge in [0.1, 0.15) is 12.4 Å². The zero-order valence-electron chi connectivity index (χ0n) is 20.5. The van der Waals surface area contributed by atoms with Crippen LogP contribution in [0.2, 0.25) is 0 Å². The summed E-state index contributed by atoms with van der Waals surface area (Å²) in [7, 11) is -2.00. The SMILES string of the molecule is COC(=O)CC[C@H]1c2cc(OCc3ccccc3)ccc2N(C(=O)c2ccc(S(C)(=O)=O)cc2)[C@@H]1C. The van der Waals surface area contributed by atoms with E-state index >= 15 is 0 Å². The predicted molar refractivity (Wildman–Crippen MR) is 137 cm³/mol. The third kappa shape index (κ3) is 5.44. The maximum absolute atomic E-state index is 13.6. The second kappa shape index (κ2) is 10.5. The van der Waals surface area contributed by atoms with Crippen LogP contribution in [0, 0.1) is 0 Å². The van der Waals surface area contributed by atoms with E-state index in [4.69, 9.17) is 9.47 Å². The van der Waals surface area contributed by atoms with Gasteiger partial charge in [-0.3, -0.25) is 9.59 Å². The van der Waals surface area contributed by atoms with Crippen molar-refractivity contribution in [3.8, 4) is 5.75 Å². The summed E-state index contributed by atoms with van der Waals surface area (Å²) in [6.45, 7) is 2.37. The van der Waals surface area contributed by atoms with Crippen molar-refractivity contribution in [3.63, 3.8) is 0 Å². The summed E-state index contributed by atoms with van der Waals surface area (Å²) in [5.41, 5.74) is 3.11. The molecule has 0 fully saturated rings. The molecule has 36 heavy (non-hydrogen) atoms. The molecule has 7 nitrogen and oxygen atoms in total. The number of fused-ring (bicyclic) bond motifs is 1. The number of carbonyl (C=O) groups is 2. The van der Waals surface area contributed by atoms with E-state index in [0.717, 1.165) is 23.1 Å². The first-order valence-electron chi connectivity index (χ1n) is 11.7. The van der Waals surface area contributed by atoms with E-state index in [-0.39, 0.29) is 35.2 Å². The molecule has 1 heterocycles. The van der Waals surface area contributed by atoms with Crippen molar-refractivity contribution in [2.24, 2.45) is 0 Å². The van der Waals surface area contributed by atoms with Crippen molar-refractivity contribution < 1.29 is 27.5 Å². The molecular formula is C28H29NO6S. The second-order valence-corrected chi connectivity index (χ2v) is 10.9. The topological polar surface area (TPSA) is 90.0 Å². The summed E-state index contributed by atoms with van der Waals surface area (Å²) in [6, 6.07) is 21.2. The van der Waals surface area contributed by atoms with E-state index in [1.165, 1.54) is 31.4 Å². The molecule has 0 saturated heterocycles. The van der Waals surface area contributed by atoms with Crippen LogP contribution in [0.5, 0.6) is 5.75 Å². The van der Waals surface area contributed by atoms with Gasteiger partial charge in [0.15, 0.2) is 9.84 Å². The Kier molecular flexibility index (Phi) is 7.45. The van der Waals surface area contributed by atoms with Crippen molar-refractivity contribution in [2.75, 3.05) is 18.3 Å². The number of hydrogen-bond acceptors (Lipinski definition) is 6. The Hall–Kier alpha value is -3.65. The summed E-state index contributed by atoms with van der Waals surface area (Å²) < 4.78 is 34.5. The summed E-state index contributed by atoms with van der Waals surface area (Å²) >= 11 is 0. The van der Waals surface area contributed by atoms with Gasteiger partial charge < -0.3 is 14.4 Å². The highest BCUT2D eigenvalue weighted by Crippen LogP contribution is 2.45. The molecule has 0 N–H and O–H groups in total. The van der Waals surface area contributed by atoms with Gasteiger partial charge in [-0.1, -0.05) is 30.3 Å². The molecule has 3 aromatic carbocycles. The van der Waals surface area contributed by atoms with Crippen molar-refractivity contribution in [3.05, 3.63) is 89.5 Å². The predicted octanol–water partition coefficient (Wildman–Crippen LogP) is 4.75. The summed E-state index contributed by atoms with van der Waals surface area (Å²) in [4.78, 5) is 27.3. The van der Waals surface area contributed by atoms with Crippen LogP contribution in [-0.4, -0.2) is 39.7 Å². The van der Waals surface area contributed by atoms with E-state index in [1.54, 1.807) is 4.90 Å². The largest absolute Gasteiger partial charge is 0.489 e. The van der Waals surface area contributed by atoms with Crippen LogP contribution in [0.4, 0.5) is 5.69 Å². The number of amides is 1. The number of hydrogen-bond donors (Lipinski definition) is 0. The van der Waals surface area contributed by atoms with Crippen LogP contribution >= 0.6 is 0 Å². The Morgan fingerprint density at radius 2 is 1.67 bits per heavy atom. The first kappa shape index (κ1) is 25.4. The maximum Gasteiger partial charge on any atom is 0.305 e. The van der Waals surface area contributed by atoms with Crippen LogP contribution in [0.3, 0.4) is 0 Å². The van der Waals surface area contributed by atoms with Crippen LogP contribution in [0.15, 0.2) is 77.7 Å². The second-order valence-electron chi connectivity index (χ2n) is 8.93. The van der Waals surface area contributed by atoms with Gasteiger partial charge >= 0.3 is 5.97 Å². The van der Waals surface area contributed by atoms with Crippen molar-refractivity contribution in [2.45, 2.75) is 43.2 Å². The van der Waals surface area contributed by atoms with E-state index in [2.05, 4.69) is 0 Å². The van der Waals surface area contributed by atoms with Crippen molar-refractivity contribution in [1.82, 2.24) is 0 Å². The fourth-order valence-electron chi connectivity index (χ4n) is 4.59. The molecule has 0 bridgehead atoms. The highest BCUT2D eigenvalue weighted by atomic mass is 32.2. The molecule has 0 aliphatic carbocycles. The van der Waals surface area contributed by atoms with Gasteiger partial charge in [0.05, 0.1) is 12.0 Å². The highest BCUT2D eigenvalue weighted by molar-refractivity contribution is 7.90. The number of nitrogens with zero attached hydrogens (tertiary/aromatic N) is 1. The molecule has 0 radical (unpaired) electrons. The van der Waals surface area contributed by atoms with E-state index in [0.29, 0.717) is 24.3 Å². The number of rotatable bonds is 8. The molecule has 0 aromatic heterocycles. The molecule has 0 saturated carbocycles. The number of sulfone groups is 1. The monoisotopic (exact) mass is 507 g/mol. The lowest BCUT2D eigenvalue weighted by Crippen LogP contribution is -2.37. The fourth-order valence-corrected chi connectivity index (χ4v) is 5.22. The van der Waals surface area contributed by atoms with Gasteiger partial charge in [0, 0.05) is 35.9 Å². The Bertz CT molecular complexity index is 1350. The van der Waals surface area contributed by atoms with Crippen LogP contribution in [-0.2, 0) is 26.0 Å². The first-order chi connectivity index (χ1) is 17.2. The quantitative estimate of drug-likeness (QED) is 0.409. The summed E-state index contributed by atoms with van der Waals surface area (Å²) in [5.74, 6) is 0.0435. The summed E-state index contributed by atoms with van der Waals surface area (Å²) in [6.07, 6.45) is 1.87. The molecule has 1 amide bonds. The molecule has 3 aromatic rings. The Morgan fingerprint density at radius 3 is 2.31 bits per heavy atom. The fraction of sp³-hybridized carbons (Fsp3) is 0.286. The minimum atomic E-state index is -3.36.